The van der Waals surface area contributed by atoms with Crippen molar-refractivity contribution in [2.45, 2.75) is 12.6 Å². The summed E-state index contributed by atoms with van der Waals surface area (Å²) in [6.07, 6.45) is -4.08. The average Bonchev–Trinajstić information content (AvgIpc) is 3.18. The van der Waals surface area contributed by atoms with Crippen LogP contribution in [0.2, 0.25) is 0 Å². The van der Waals surface area contributed by atoms with Crippen molar-refractivity contribution in [3.05, 3.63) is 35.2 Å². The van der Waals surface area contributed by atoms with Crippen molar-refractivity contribution in [3.8, 4) is 0 Å². The smallest absolute Gasteiger partial charge is 0.394 e. The highest BCUT2D eigenvalue weighted by Gasteiger charge is 2.53. The molecule has 2 atom stereocenters. The molecule has 1 aliphatic heterocycles. The van der Waals surface area contributed by atoms with Gasteiger partial charge in [-0.25, -0.2) is 4.79 Å². The summed E-state index contributed by atoms with van der Waals surface area (Å²) in [5.74, 6) is -5.19. The first-order valence-electron chi connectivity index (χ1n) is 8.05. The molecule has 26 heavy (non-hydrogen) atoms. The third-order valence-corrected chi connectivity index (χ3v) is 5.64. The van der Waals surface area contributed by atoms with Crippen LogP contribution in [0.1, 0.15) is 4.88 Å². The fourth-order valence-electron chi connectivity index (χ4n) is 3.12. The normalized spacial score (nSPS) is 20.5. The summed E-state index contributed by atoms with van der Waals surface area (Å²) in [5, 5.41) is 12.7. The quantitative estimate of drug-likeness (QED) is 0.847. The molecular formula is C17H17F3N2O3S. The molecule has 1 aromatic carbocycles. The Morgan fingerprint density at radius 1 is 1.27 bits per heavy atom. The van der Waals surface area contributed by atoms with E-state index < -0.39 is 43.1 Å². The maximum absolute atomic E-state index is 13.0. The number of rotatable bonds is 4. The van der Waals surface area contributed by atoms with Gasteiger partial charge in [-0.05, 0) is 23.9 Å². The summed E-state index contributed by atoms with van der Waals surface area (Å²) in [6.45, 7) is -0.792. The molecule has 0 spiro atoms. The molecule has 0 bridgehead atoms. The standard InChI is InChI=1S/C17H17F3N2O3S/c18-17(19,20)13-9-22(8-12(13)15(23)24)16(25)21-6-5-11-7-10-3-1-2-4-14(10)26-11/h1-4,7,12-13H,5-6,8-9H2,(H,21,25)(H,23,24)/t12-,13-/m1/s1. The molecule has 5 nitrogen and oxygen atoms in total. The van der Waals surface area contributed by atoms with Crippen molar-refractivity contribution < 1.29 is 27.9 Å². The lowest BCUT2D eigenvalue weighted by Crippen LogP contribution is -2.40. The van der Waals surface area contributed by atoms with Gasteiger partial charge < -0.3 is 15.3 Å². The van der Waals surface area contributed by atoms with Crippen LogP contribution in [0.25, 0.3) is 10.1 Å². The predicted octanol–water partition coefficient (Wildman–Crippen LogP) is 3.35. The number of nitrogens with zero attached hydrogens (tertiary/aromatic N) is 1. The Bertz CT molecular complexity index is 788. The van der Waals surface area contributed by atoms with E-state index in [-0.39, 0.29) is 6.54 Å². The number of urea groups is 1. The number of hydrogen-bond acceptors (Lipinski definition) is 3. The van der Waals surface area contributed by atoms with Crippen LogP contribution in [0.5, 0.6) is 0 Å². The summed E-state index contributed by atoms with van der Waals surface area (Å²) >= 11 is 1.60. The van der Waals surface area contributed by atoms with E-state index in [2.05, 4.69) is 5.32 Å². The Hall–Kier alpha value is -2.29. The van der Waals surface area contributed by atoms with Crippen molar-refractivity contribution in [2.24, 2.45) is 11.8 Å². The van der Waals surface area contributed by atoms with Crippen LogP contribution >= 0.6 is 11.3 Å². The van der Waals surface area contributed by atoms with Gasteiger partial charge >= 0.3 is 18.2 Å². The van der Waals surface area contributed by atoms with Crippen molar-refractivity contribution >= 4 is 33.4 Å². The largest absolute Gasteiger partial charge is 0.481 e. The van der Waals surface area contributed by atoms with Gasteiger partial charge in [0.05, 0.1) is 11.8 Å². The van der Waals surface area contributed by atoms with Crippen LogP contribution in [-0.4, -0.2) is 47.8 Å². The Balaban J connectivity index is 1.55. The molecular weight excluding hydrogens is 369 g/mol. The molecule has 2 aromatic rings. The molecule has 2 N–H and O–H groups in total. The number of fused-ring (bicyclic) bond motifs is 1. The Labute approximate surface area is 151 Å². The van der Waals surface area contributed by atoms with Crippen LogP contribution < -0.4 is 5.32 Å². The lowest BCUT2D eigenvalue weighted by Gasteiger charge is -2.18. The number of thiophene rings is 1. The third kappa shape index (κ3) is 3.92. The molecule has 3 rings (SSSR count). The molecule has 2 amide bonds. The maximum Gasteiger partial charge on any atom is 0.394 e. The minimum atomic E-state index is -4.64. The number of carboxylic acid groups (broad SMARTS) is 1. The molecule has 1 fully saturated rings. The zero-order valence-corrected chi connectivity index (χ0v) is 14.4. The average molecular weight is 386 g/mol. The van der Waals surface area contributed by atoms with Gasteiger partial charge in [0, 0.05) is 29.2 Å². The van der Waals surface area contributed by atoms with E-state index in [1.165, 1.54) is 0 Å². The zero-order chi connectivity index (χ0) is 18.9. The van der Waals surface area contributed by atoms with Crippen LogP contribution in [0.3, 0.4) is 0 Å². The second-order valence-electron chi connectivity index (χ2n) is 6.23. The lowest BCUT2D eigenvalue weighted by atomic mass is 9.96. The lowest BCUT2D eigenvalue weighted by molar-refractivity contribution is -0.187. The summed E-state index contributed by atoms with van der Waals surface area (Å²) in [7, 11) is 0. The highest BCUT2D eigenvalue weighted by Crippen LogP contribution is 2.37. The number of alkyl halides is 3. The maximum atomic E-state index is 13.0. The molecule has 0 radical (unpaired) electrons. The minimum absolute atomic E-state index is 0.274. The van der Waals surface area contributed by atoms with Gasteiger partial charge in [-0.2, -0.15) is 13.2 Å². The summed E-state index contributed by atoms with van der Waals surface area (Å²) in [6, 6.07) is 9.21. The van der Waals surface area contributed by atoms with Crippen molar-refractivity contribution in [1.82, 2.24) is 10.2 Å². The molecule has 1 saturated heterocycles. The molecule has 2 heterocycles. The number of aliphatic carboxylic acids is 1. The Morgan fingerprint density at radius 3 is 2.62 bits per heavy atom. The number of hydrogen-bond donors (Lipinski definition) is 2. The second-order valence-corrected chi connectivity index (χ2v) is 7.40. The van der Waals surface area contributed by atoms with Gasteiger partial charge in [0.25, 0.3) is 0 Å². The molecule has 1 aliphatic rings. The molecule has 1 aromatic heterocycles. The fraction of sp³-hybridized carbons (Fsp3) is 0.412. The summed E-state index contributed by atoms with van der Waals surface area (Å²) < 4.78 is 40.0. The Kier molecular flexibility index (Phi) is 5.08. The second kappa shape index (κ2) is 7.14. The van der Waals surface area contributed by atoms with Crippen LogP contribution in [-0.2, 0) is 11.2 Å². The molecule has 0 saturated carbocycles. The highest BCUT2D eigenvalue weighted by molar-refractivity contribution is 7.19. The predicted molar refractivity (Wildman–Crippen MR) is 91.2 cm³/mol. The fourth-order valence-corrected chi connectivity index (χ4v) is 4.18. The third-order valence-electron chi connectivity index (χ3n) is 4.47. The van der Waals surface area contributed by atoms with E-state index in [0.29, 0.717) is 6.42 Å². The van der Waals surface area contributed by atoms with Gasteiger partial charge in [0.2, 0.25) is 0 Å². The number of carbonyl (C=O) groups is 2. The van der Waals surface area contributed by atoms with Crippen molar-refractivity contribution in [3.63, 3.8) is 0 Å². The van der Waals surface area contributed by atoms with Gasteiger partial charge in [0.1, 0.15) is 0 Å². The van der Waals surface area contributed by atoms with Crippen molar-refractivity contribution in [1.29, 1.82) is 0 Å². The number of amides is 2. The van der Waals surface area contributed by atoms with Crippen LogP contribution in [0.4, 0.5) is 18.0 Å². The SMILES string of the molecule is O=C(O)[C@@H]1CN(C(=O)NCCc2cc3ccccc3s2)C[C@H]1C(F)(F)F. The number of carboxylic acids is 1. The van der Waals surface area contributed by atoms with E-state index in [1.54, 1.807) is 11.3 Å². The first-order valence-corrected chi connectivity index (χ1v) is 8.87. The monoisotopic (exact) mass is 386 g/mol. The summed E-state index contributed by atoms with van der Waals surface area (Å²) in [4.78, 5) is 25.2. The molecule has 0 unspecified atom stereocenters. The number of nitrogens with one attached hydrogen (secondary N) is 1. The van der Waals surface area contributed by atoms with Crippen molar-refractivity contribution in [2.75, 3.05) is 19.6 Å². The first kappa shape index (κ1) is 18.5. The van der Waals surface area contributed by atoms with E-state index in [4.69, 9.17) is 5.11 Å². The van der Waals surface area contributed by atoms with E-state index in [9.17, 15) is 22.8 Å². The van der Waals surface area contributed by atoms with Gasteiger partial charge in [-0.15, -0.1) is 11.3 Å². The highest BCUT2D eigenvalue weighted by atomic mass is 32.1. The van der Waals surface area contributed by atoms with Gasteiger partial charge in [-0.3, -0.25) is 4.79 Å². The van der Waals surface area contributed by atoms with E-state index in [1.807, 2.05) is 30.3 Å². The number of carbonyl (C=O) groups excluding carboxylic acids is 1. The van der Waals surface area contributed by atoms with Gasteiger partial charge in [0.15, 0.2) is 0 Å². The minimum Gasteiger partial charge on any atom is -0.481 e. The van der Waals surface area contributed by atoms with E-state index >= 15 is 0 Å². The summed E-state index contributed by atoms with van der Waals surface area (Å²) in [5.41, 5.74) is 0. The zero-order valence-electron chi connectivity index (χ0n) is 13.6. The van der Waals surface area contributed by atoms with Crippen LogP contribution in [0.15, 0.2) is 30.3 Å². The number of likely N-dealkylation sites (tertiary alicyclic amines) is 1. The van der Waals surface area contributed by atoms with E-state index in [0.717, 1.165) is 19.9 Å². The topological polar surface area (TPSA) is 69.6 Å². The van der Waals surface area contributed by atoms with Gasteiger partial charge in [-0.1, -0.05) is 18.2 Å². The first-order chi connectivity index (χ1) is 12.3. The molecule has 140 valence electrons. The molecule has 9 heteroatoms. The Morgan fingerprint density at radius 2 is 2.00 bits per heavy atom. The molecule has 0 aliphatic carbocycles. The van der Waals surface area contributed by atoms with Crippen LogP contribution in [0, 0.1) is 11.8 Å². The number of benzene rings is 1. The number of halogens is 3.